The van der Waals surface area contributed by atoms with Crippen molar-refractivity contribution in [1.29, 1.82) is 0 Å². The third kappa shape index (κ3) is 1.96. The second kappa shape index (κ2) is 3.69. The summed E-state index contributed by atoms with van der Waals surface area (Å²) in [6, 6.07) is 7.64. The van der Waals surface area contributed by atoms with E-state index in [-0.39, 0.29) is 5.56 Å². The molecule has 3 heteroatoms. The van der Waals surface area contributed by atoms with E-state index in [4.69, 9.17) is 0 Å². The number of hydrogen-bond acceptors (Lipinski definition) is 2. The first kappa shape index (κ1) is 9.65. The van der Waals surface area contributed by atoms with Crippen LogP contribution in [0.4, 0.5) is 0 Å². The molecule has 0 aliphatic carbocycles. The molecule has 3 nitrogen and oxygen atoms in total. The largest absolute Gasteiger partial charge is 0.313 e. The van der Waals surface area contributed by atoms with E-state index in [0.29, 0.717) is 0 Å². The standard InChI is InChI=1S/C12H12N2O/c1-8-3-4-9(2)10(5-8)11-6-12(15)14-7-13-11/h3-7H,1-2H3,(H,13,14,15). The van der Waals surface area contributed by atoms with Gasteiger partial charge in [0.2, 0.25) is 0 Å². The number of aromatic nitrogens is 2. The first-order valence-electron chi connectivity index (χ1n) is 4.79. The quantitative estimate of drug-likeness (QED) is 0.765. The molecule has 0 fully saturated rings. The molecule has 0 saturated carbocycles. The number of aromatic amines is 1. The summed E-state index contributed by atoms with van der Waals surface area (Å²) in [6.07, 6.45) is 1.43. The minimum Gasteiger partial charge on any atom is -0.313 e. The maximum atomic E-state index is 11.2. The van der Waals surface area contributed by atoms with Crippen LogP contribution >= 0.6 is 0 Å². The predicted octanol–water partition coefficient (Wildman–Crippen LogP) is 2.05. The average Bonchev–Trinajstić information content (AvgIpc) is 2.22. The van der Waals surface area contributed by atoms with Gasteiger partial charge in [0, 0.05) is 11.6 Å². The van der Waals surface area contributed by atoms with Crippen molar-refractivity contribution in [2.45, 2.75) is 13.8 Å². The lowest BCUT2D eigenvalue weighted by Crippen LogP contribution is -2.04. The summed E-state index contributed by atoms with van der Waals surface area (Å²) in [7, 11) is 0. The van der Waals surface area contributed by atoms with Crippen LogP contribution in [0, 0.1) is 13.8 Å². The Balaban J connectivity index is 2.63. The Morgan fingerprint density at radius 2 is 2.00 bits per heavy atom. The number of nitrogens with zero attached hydrogens (tertiary/aromatic N) is 1. The second-order valence-corrected chi connectivity index (χ2v) is 3.61. The molecule has 1 aromatic heterocycles. The van der Waals surface area contributed by atoms with E-state index < -0.39 is 0 Å². The number of aryl methyl sites for hydroxylation is 2. The summed E-state index contributed by atoms with van der Waals surface area (Å²) >= 11 is 0. The summed E-state index contributed by atoms with van der Waals surface area (Å²) in [5.41, 5.74) is 3.90. The van der Waals surface area contributed by atoms with Crippen LogP contribution in [0.3, 0.4) is 0 Å². The lowest BCUT2D eigenvalue weighted by Gasteiger charge is -2.05. The van der Waals surface area contributed by atoms with Gasteiger partial charge in [0.1, 0.15) is 0 Å². The molecule has 0 atom stereocenters. The Labute approximate surface area is 87.8 Å². The zero-order valence-electron chi connectivity index (χ0n) is 8.74. The van der Waals surface area contributed by atoms with Gasteiger partial charge in [-0.25, -0.2) is 4.98 Å². The van der Waals surface area contributed by atoms with Crippen molar-refractivity contribution in [2.24, 2.45) is 0 Å². The average molecular weight is 200 g/mol. The molecule has 0 aliphatic heterocycles. The third-order valence-electron chi connectivity index (χ3n) is 2.35. The first-order chi connectivity index (χ1) is 7.16. The smallest absolute Gasteiger partial charge is 0.251 e. The minimum absolute atomic E-state index is 0.124. The summed E-state index contributed by atoms with van der Waals surface area (Å²) in [6.45, 7) is 4.04. The van der Waals surface area contributed by atoms with Crippen molar-refractivity contribution in [2.75, 3.05) is 0 Å². The van der Waals surface area contributed by atoms with Gasteiger partial charge in [-0.3, -0.25) is 4.79 Å². The highest BCUT2D eigenvalue weighted by Crippen LogP contribution is 2.20. The molecule has 0 spiro atoms. The van der Waals surface area contributed by atoms with Crippen molar-refractivity contribution < 1.29 is 0 Å². The maximum absolute atomic E-state index is 11.2. The predicted molar refractivity (Wildman–Crippen MR) is 59.8 cm³/mol. The van der Waals surface area contributed by atoms with Gasteiger partial charge in [-0.05, 0) is 25.5 Å². The highest BCUT2D eigenvalue weighted by Gasteiger charge is 2.03. The van der Waals surface area contributed by atoms with Crippen LogP contribution < -0.4 is 5.56 Å². The first-order valence-corrected chi connectivity index (χ1v) is 4.79. The van der Waals surface area contributed by atoms with Gasteiger partial charge in [0.15, 0.2) is 0 Å². The molecule has 15 heavy (non-hydrogen) atoms. The van der Waals surface area contributed by atoms with Gasteiger partial charge in [-0.1, -0.05) is 17.7 Å². The second-order valence-electron chi connectivity index (χ2n) is 3.61. The van der Waals surface area contributed by atoms with Crippen LogP contribution in [0.5, 0.6) is 0 Å². The van der Waals surface area contributed by atoms with Gasteiger partial charge in [-0.2, -0.15) is 0 Å². The van der Waals surface area contributed by atoms with Gasteiger partial charge >= 0.3 is 0 Å². The van der Waals surface area contributed by atoms with Crippen LogP contribution in [0.1, 0.15) is 11.1 Å². The number of nitrogens with one attached hydrogen (secondary N) is 1. The number of benzene rings is 1. The fourth-order valence-electron chi connectivity index (χ4n) is 1.53. The van der Waals surface area contributed by atoms with E-state index >= 15 is 0 Å². The maximum Gasteiger partial charge on any atom is 0.251 e. The molecule has 0 amide bonds. The molecule has 76 valence electrons. The Hall–Kier alpha value is -1.90. The fourth-order valence-corrected chi connectivity index (χ4v) is 1.53. The summed E-state index contributed by atoms with van der Waals surface area (Å²) < 4.78 is 0. The summed E-state index contributed by atoms with van der Waals surface area (Å²) in [4.78, 5) is 17.8. The van der Waals surface area contributed by atoms with Crippen molar-refractivity contribution in [3.8, 4) is 11.3 Å². The third-order valence-corrected chi connectivity index (χ3v) is 2.35. The number of H-pyrrole nitrogens is 1. The number of hydrogen-bond donors (Lipinski definition) is 1. The molecular formula is C12H12N2O. The number of rotatable bonds is 1. The highest BCUT2D eigenvalue weighted by atomic mass is 16.1. The molecule has 1 aromatic carbocycles. The Kier molecular flexibility index (Phi) is 2.37. The summed E-state index contributed by atoms with van der Waals surface area (Å²) in [5.74, 6) is 0. The van der Waals surface area contributed by atoms with Crippen LogP contribution in [-0.2, 0) is 0 Å². The molecule has 0 aliphatic rings. The van der Waals surface area contributed by atoms with E-state index in [1.165, 1.54) is 12.4 Å². The summed E-state index contributed by atoms with van der Waals surface area (Å²) in [5, 5.41) is 0. The van der Waals surface area contributed by atoms with Crippen LogP contribution in [0.15, 0.2) is 35.4 Å². The zero-order chi connectivity index (χ0) is 10.8. The van der Waals surface area contributed by atoms with Crippen LogP contribution in [0.25, 0.3) is 11.3 Å². The van der Waals surface area contributed by atoms with Crippen molar-refractivity contribution >= 4 is 0 Å². The fraction of sp³-hybridized carbons (Fsp3) is 0.167. The van der Waals surface area contributed by atoms with E-state index in [1.54, 1.807) is 0 Å². The van der Waals surface area contributed by atoms with E-state index in [0.717, 1.165) is 22.4 Å². The van der Waals surface area contributed by atoms with Gasteiger partial charge in [-0.15, -0.1) is 0 Å². The molecule has 0 radical (unpaired) electrons. The minimum atomic E-state index is -0.124. The molecule has 1 N–H and O–H groups in total. The van der Waals surface area contributed by atoms with Gasteiger partial charge in [0.05, 0.1) is 12.0 Å². The molecular weight excluding hydrogens is 188 g/mol. The van der Waals surface area contributed by atoms with E-state index in [1.807, 2.05) is 32.0 Å². The normalized spacial score (nSPS) is 10.3. The van der Waals surface area contributed by atoms with Crippen molar-refractivity contribution in [3.63, 3.8) is 0 Å². The Morgan fingerprint density at radius 3 is 2.73 bits per heavy atom. The molecule has 2 aromatic rings. The Morgan fingerprint density at radius 1 is 1.20 bits per heavy atom. The van der Waals surface area contributed by atoms with E-state index in [2.05, 4.69) is 9.97 Å². The highest BCUT2D eigenvalue weighted by molar-refractivity contribution is 5.63. The molecule has 0 unspecified atom stereocenters. The molecule has 1 heterocycles. The topological polar surface area (TPSA) is 45.8 Å². The lowest BCUT2D eigenvalue weighted by molar-refractivity contribution is 1.12. The van der Waals surface area contributed by atoms with Crippen LogP contribution in [0.2, 0.25) is 0 Å². The van der Waals surface area contributed by atoms with E-state index in [9.17, 15) is 4.79 Å². The van der Waals surface area contributed by atoms with Crippen LogP contribution in [-0.4, -0.2) is 9.97 Å². The van der Waals surface area contributed by atoms with Crippen molar-refractivity contribution in [1.82, 2.24) is 9.97 Å². The van der Waals surface area contributed by atoms with Gasteiger partial charge in [0.25, 0.3) is 5.56 Å². The lowest BCUT2D eigenvalue weighted by atomic mass is 10.0. The molecule has 0 saturated heterocycles. The van der Waals surface area contributed by atoms with Crippen molar-refractivity contribution in [3.05, 3.63) is 52.1 Å². The SMILES string of the molecule is Cc1ccc(C)c(-c2cc(=O)[nH]cn2)c1. The molecule has 0 bridgehead atoms. The zero-order valence-corrected chi connectivity index (χ0v) is 8.74. The molecule has 2 rings (SSSR count). The Bertz CT molecular complexity index is 543. The monoisotopic (exact) mass is 200 g/mol. The van der Waals surface area contributed by atoms with Gasteiger partial charge < -0.3 is 4.98 Å².